The summed E-state index contributed by atoms with van der Waals surface area (Å²) >= 11 is 6.70. The van der Waals surface area contributed by atoms with Gasteiger partial charge >= 0.3 is 0 Å². The third kappa shape index (κ3) is 6.43. The maximum Gasteiger partial charge on any atom is 0.253 e. The number of hydrogen-bond acceptors (Lipinski definition) is 5. The molecule has 2 heterocycles. The van der Waals surface area contributed by atoms with Crippen LogP contribution >= 0.6 is 11.6 Å². The summed E-state index contributed by atoms with van der Waals surface area (Å²) in [6, 6.07) is 33.9. The maximum atomic E-state index is 14.0. The summed E-state index contributed by atoms with van der Waals surface area (Å²) in [5.41, 5.74) is 6.66. The lowest BCUT2D eigenvalue weighted by Crippen LogP contribution is -2.35. The molecule has 1 atom stereocenters. The van der Waals surface area contributed by atoms with Crippen molar-refractivity contribution < 1.29 is 0 Å². The molecular formula is C35H33ClN6O. The van der Waals surface area contributed by atoms with E-state index in [9.17, 15) is 4.79 Å². The lowest BCUT2D eigenvalue weighted by atomic mass is 9.99. The summed E-state index contributed by atoms with van der Waals surface area (Å²) in [4.78, 5) is 19.4. The normalized spacial score (nSPS) is 12.2. The lowest BCUT2D eigenvalue weighted by molar-refractivity contribution is 0.193. The monoisotopic (exact) mass is 588 g/mol. The summed E-state index contributed by atoms with van der Waals surface area (Å²) in [5, 5.41) is 14.7. The highest BCUT2D eigenvalue weighted by Gasteiger charge is 2.31. The number of nitrogens with zero attached hydrogens (tertiary/aromatic N) is 5. The van der Waals surface area contributed by atoms with Gasteiger partial charge in [-0.05, 0) is 76.7 Å². The Morgan fingerprint density at radius 2 is 1.56 bits per heavy atom. The molecule has 43 heavy (non-hydrogen) atoms. The molecule has 0 aliphatic carbocycles. The van der Waals surface area contributed by atoms with E-state index in [1.165, 1.54) is 5.56 Å². The Morgan fingerprint density at radius 3 is 2.30 bits per heavy atom. The molecule has 2 aromatic heterocycles. The Bertz CT molecular complexity index is 1900. The van der Waals surface area contributed by atoms with E-state index in [1.54, 1.807) is 0 Å². The van der Waals surface area contributed by atoms with Crippen LogP contribution in [0.25, 0.3) is 10.9 Å². The Kier molecular flexibility index (Phi) is 8.45. The third-order valence-corrected chi connectivity index (χ3v) is 8.19. The molecule has 0 fully saturated rings. The molecule has 0 saturated carbocycles. The highest BCUT2D eigenvalue weighted by atomic mass is 35.5. The molecule has 6 aromatic rings. The Labute approximate surface area is 255 Å². The molecule has 8 heteroatoms. The van der Waals surface area contributed by atoms with Crippen LogP contribution in [0, 0.1) is 13.8 Å². The number of pyridine rings is 1. The Morgan fingerprint density at radius 1 is 0.860 bits per heavy atom. The number of halogens is 1. The second kappa shape index (κ2) is 12.7. The van der Waals surface area contributed by atoms with Crippen molar-refractivity contribution in [3.05, 3.63) is 158 Å². The first-order valence-corrected chi connectivity index (χ1v) is 14.8. The number of fused-ring (bicyclic) bond motifs is 1. The highest BCUT2D eigenvalue weighted by Crippen LogP contribution is 2.32. The van der Waals surface area contributed by atoms with Gasteiger partial charge in [-0.1, -0.05) is 96.5 Å². The van der Waals surface area contributed by atoms with Gasteiger partial charge in [-0.2, -0.15) is 0 Å². The van der Waals surface area contributed by atoms with Crippen molar-refractivity contribution in [2.45, 2.75) is 45.9 Å². The summed E-state index contributed by atoms with van der Waals surface area (Å²) in [6.07, 6.45) is 0.751. The molecular weight excluding hydrogens is 556 g/mol. The number of aryl methyl sites for hydroxylation is 4. The van der Waals surface area contributed by atoms with Gasteiger partial charge in [-0.25, -0.2) is 4.68 Å². The zero-order valence-corrected chi connectivity index (χ0v) is 25.0. The predicted octanol–water partition coefficient (Wildman–Crippen LogP) is 6.82. The van der Waals surface area contributed by atoms with Crippen molar-refractivity contribution in [1.82, 2.24) is 30.1 Å². The van der Waals surface area contributed by atoms with Crippen LogP contribution in [0.2, 0.25) is 5.02 Å². The Balaban J connectivity index is 1.52. The first kappa shape index (κ1) is 28.5. The third-order valence-electron chi connectivity index (χ3n) is 7.82. The van der Waals surface area contributed by atoms with Gasteiger partial charge in [0.25, 0.3) is 5.56 Å². The number of tetrazole rings is 1. The van der Waals surface area contributed by atoms with E-state index in [-0.39, 0.29) is 5.56 Å². The van der Waals surface area contributed by atoms with Gasteiger partial charge in [0, 0.05) is 41.1 Å². The lowest BCUT2D eigenvalue weighted by Gasteiger charge is -2.31. The molecule has 0 aliphatic rings. The molecule has 6 rings (SSSR count). The van der Waals surface area contributed by atoms with Crippen LogP contribution in [-0.2, 0) is 26.1 Å². The van der Waals surface area contributed by atoms with E-state index in [4.69, 9.17) is 11.6 Å². The van der Waals surface area contributed by atoms with Crippen molar-refractivity contribution in [2.24, 2.45) is 0 Å². The molecule has 0 aliphatic heterocycles. The van der Waals surface area contributed by atoms with Gasteiger partial charge in [0.05, 0.1) is 0 Å². The molecule has 1 N–H and O–H groups in total. The summed E-state index contributed by atoms with van der Waals surface area (Å²) < 4.78 is 1.83. The van der Waals surface area contributed by atoms with Crippen LogP contribution in [0.4, 0.5) is 0 Å². The van der Waals surface area contributed by atoms with Crippen LogP contribution in [0.5, 0.6) is 0 Å². The standard InChI is InChI=1S/C35H33ClN6O/c1-24-19-25(2)29-21-30(35(43)37-32(29)20-24)33(34-38-39-40-42(34)18-17-26-11-5-3-6-12-26)41(22-27-13-7-4-8-14-27)23-28-15-9-10-16-31(28)36/h3-16,19-21,33H,17-18,22-23H2,1-2H3,(H,37,43)/t33-/m1/s1. The van der Waals surface area contributed by atoms with E-state index in [2.05, 4.69) is 62.7 Å². The summed E-state index contributed by atoms with van der Waals surface area (Å²) in [6.45, 7) is 5.70. The summed E-state index contributed by atoms with van der Waals surface area (Å²) in [7, 11) is 0. The van der Waals surface area contributed by atoms with Gasteiger partial charge < -0.3 is 4.98 Å². The minimum absolute atomic E-state index is 0.169. The fourth-order valence-electron chi connectivity index (χ4n) is 5.74. The topological polar surface area (TPSA) is 79.7 Å². The van der Waals surface area contributed by atoms with Gasteiger partial charge in [0.2, 0.25) is 0 Å². The van der Waals surface area contributed by atoms with Gasteiger partial charge in [0.15, 0.2) is 5.82 Å². The zero-order chi connectivity index (χ0) is 29.8. The minimum Gasteiger partial charge on any atom is -0.322 e. The van der Waals surface area contributed by atoms with Gasteiger partial charge in [-0.15, -0.1) is 5.10 Å². The smallest absolute Gasteiger partial charge is 0.253 e. The van der Waals surface area contributed by atoms with Crippen molar-refractivity contribution in [3.63, 3.8) is 0 Å². The fourth-order valence-corrected chi connectivity index (χ4v) is 5.94. The minimum atomic E-state index is -0.559. The van der Waals surface area contributed by atoms with Crippen LogP contribution < -0.4 is 5.56 Å². The number of benzene rings is 4. The first-order valence-electron chi connectivity index (χ1n) is 14.4. The number of nitrogens with one attached hydrogen (secondary N) is 1. The van der Waals surface area contributed by atoms with Crippen molar-refractivity contribution in [1.29, 1.82) is 0 Å². The fraction of sp³-hybridized carbons (Fsp3) is 0.200. The highest BCUT2D eigenvalue weighted by molar-refractivity contribution is 6.31. The van der Waals surface area contributed by atoms with Crippen LogP contribution in [0.15, 0.2) is 108 Å². The first-order chi connectivity index (χ1) is 21.0. The van der Waals surface area contributed by atoms with E-state index in [0.29, 0.717) is 36.0 Å². The van der Waals surface area contributed by atoms with E-state index in [0.717, 1.165) is 39.6 Å². The average Bonchev–Trinajstić information content (AvgIpc) is 3.47. The molecule has 216 valence electrons. The largest absolute Gasteiger partial charge is 0.322 e. The van der Waals surface area contributed by atoms with Gasteiger partial charge in [-0.3, -0.25) is 9.69 Å². The van der Waals surface area contributed by atoms with Crippen LogP contribution in [0.1, 0.15) is 45.2 Å². The van der Waals surface area contributed by atoms with E-state index < -0.39 is 6.04 Å². The number of aromatic nitrogens is 5. The molecule has 0 radical (unpaired) electrons. The van der Waals surface area contributed by atoms with Crippen LogP contribution in [-0.4, -0.2) is 30.1 Å². The number of H-pyrrole nitrogens is 1. The second-order valence-electron chi connectivity index (χ2n) is 11.0. The Hall–Kier alpha value is -4.59. The quantitative estimate of drug-likeness (QED) is 0.190. The second-order valence-corrected chi connectivity index (χ2v) is 11.4. The summed E-state index contributed by atoms with van der Waals surface area (Å²) in [5.74, 6) is 0.605. The van der Waals surface area contributed by atoms with Gasteiger partial charge in [0.1, 0.15) is 6.04 Å². The van der Waals surface area contributed by atoms with Crippen molar-refractivity contribution in [3.8, 4) is 0 Å². The molecule has 7 nitrogen and oxygen atoms in total. The van der Waals surface area contributed by atoms with E-state index in [1.807, 2.05) is 84.4 Å². The van der Waals surface area contributed by atoms with Crippen molar-refractivity contribution in [2.75, 3.05) is 0 Å². The number of aromatic amines is 1. The number of rotatable bonds is 10. The molecule has 4 aromatic carbocycles. The molecule has 0 spiro atoms. The molecule has 0 unspecified atom stereocenters. The molecule has 0 saturated heterocycles. The van der Waals surface area contributed by atoms with Crippen molar-refractivity contribution >= 4 is 22.5 Å². The number of hydrogen-bond donors (Lipinski definition) is 1. The average molecular weight is 589 g/mol. The zero-order valence-electron chi connectivity index (χ0n) is 24.2. The van der Waals surface area contributed by atoms with E-state index >= 15 is 0 Å². The molecule has 0 amide bonds. The van der Waals surface area contributed by atoms with Crippen LogP contribution in [0.3, 0.4) is 0 Å². The molecule has 0 bridgehead atoms. The predicted molar refractivity (Wildman–Crippen MR) is 171 cm³/mol. The SMILES string of the molecule is Cc1cc(C)c2cc([C@H](c3nnnn3CCc3ccccc3)N(Cc3ccccc3)Cc3ccccc3Cl)c(=O)[nH]c2c1. The maximum absolute atomic E-state index is 14.0.